The lowest BCUT2D eigenvalue weighted by atomic mass is 9.78. The highest BCUT2D eigenvalue weighted by molar-refractivity contribution is 9.10. The molecule has 0 spiro atoms. The Bertz CT molecular complexity index is 1160. The second kappa shape index (κ2) is 9.23. The number of carbonyl (C=O) groups is 2. The number of primary amides is 1. The number of carbonyl (C=O) groups excluding carboxylic acids is 2. The van der Waals surface area contributed by atoms with Crippen molar-refractivity contribution in [1.82, 2.24) is 4.57 Å². The van der Waals surface area contributed by atoms with Crippen molar-refractivity contribution in [3.63, 3.8) is 0 Å². The van der Waals surface area contributed by atoms with E-state index in [2.05, 4.69) is 15.9 Å². The minimum Gasteiger partial charge on any atom is -0.492 e. The van der Waals surface area contributed by atoms with Gasteiger partial charge in [0.15, 0.2) is 0 Å². The number of rotatable bonds is 7. The second-order valence-electron chi connectivity index (χ2n) is 7.50. The van der Waals surface area contributed by atoms with Crippen molar-refractivity contribution < 1.29 is 14.3 Å². The van der Waals surface area contributed by atoms with Crippen LogP contribution in [0.15, 0.2) is 41.0 Å². The topological polar surface area (TPSA) is 74.3 Å². The summed E-state index contributed by atoms with van der Waals surface area (Å²) in [6, 6.07) is 8.71. The van der Waals surface area contributed by atoms with Crippen LogP contribution >= 0.6 is 39.1 Å². The number of halogens is 3. The van der Waals surface area contributed by atoms with Crippen molar-refractivity contribution in [1.29, 1.82) is 0 Å². The van der Waals surface area contributed by atoms with E-state index in [1.807, 2.05) is 13.8 Å². The molecule has 31 heavy (non-hydrogen) atoms. The summed E-state index contributed by atoms with van der Waals surface area (Å²) in [5.41, 5.74) is 6.32. The zero-order valence-electron chi connectivity index (χ0n) is 17.5. The number of nitrogens with zero attached hydrogens (tertiary/aromatic N) is 1. The molecule has 0 aliphatic carbocycles. The summed E-state index contributed by atoms with van der Waals surface area (Å²) in [6.07, 6.45) is 2.89. The number of amides is 1. The van der Waals surface area contributed by atoms with Crippen LogP contribution in [-0.2, 0) is 10.2 Å². The predicted molar refractivity (Wildman–Crippen MR) is 128 cm³/mol. The van der Waals surface area contributed by atoms with Crippen molar-refractivity contribution in [2.75, 3.05) is 6.61 Å². The van der Waals surface area contributed by atoms with Crippen LogP contribution in [0, 0.1) is 0 Å². The number of benzene rings is 2. The number of hydrogen-bond donors (Lipinski definition) is 1. The first kappa shape index (κ1) is 23.6. The van der Waals surface area contributed by atoms with Crippen molar-refractivity contribution in [3.8, 4) is 5.75 Å². The van der Waals surface area contributed by atoms with E-state index in [1.165, 1.54) is 4.57 Å². The van der Waals surface area contributed by atoms with Gasteiger partial charge in [-0.05, 0) is 56.2 Å². The van der Waals surface area contributed by atoms with E-state index in [0.29, 0.717) is 40.8 Å². The van der Waals surface area contributed by atoms with Gasteiger partial charge in [0.05, 0.1) is 22.6 Å². The number of nitrogens with two attached hydrogens (primary N) is 1. The standard InChI is InChI=1S/C23H23BrCl2N2O3/c1-4-10-23(3,22(27)30)16-12-28(21(29)13-6-8-14(24)9-7-13)20-15(16)11-17(31-5-2)18(25)19(20)26/h6-9,11-12H,4-5,10H2,1-3H3,(H2,27,30). The lowest BCUT2D eigenvalue weighted by Crippen LogP contribution is -2.38. The largest absolute Gasteiger partial charge is 0.492 e. The quantitative estimate of drug-likeness (QED) is 0.391. The zero-order valence-corrected chi connectivity index (χ0v) is 20.6. The Kier molecular flexibility index (Phi) is 7.04. The van der Waals surface area contributed by atoms with Gasteiger partial charge in [-0.15, -0.1) is 0 Å². The molecule has 1 unspecified atom stereocenters. The maximum absolute atomic E-state index is 13.4. The maximum atomic E-state index is 13.4. The molecule has 3 aromatic rings. The van der Waals surface area contributed by atoms with E-state index in [-0.39, 0.29) is 16.0 Å². The third-order valence-electron chi connectivity index (χ3n) is 5.43. The summed E-state index contributed by atoms with van der Waals surface area (Å²) in [5.74, 6) is -0.386. The molecule has 2 aromatic carbocycles. The molecule has 1 amide bonds. The normalized spacial score (nSPS) is 13.2. The fourth-order valence-electron chi connectivity index (χ4n) is 3.78. The van der Waals surface area contributed by atoms with Crippen LogP contribution in [0.3, 0.4) is 0 Å². The highest BCUT2D eigenvalue weighted by Gasteiger charge is 2.37. The molecular weight excluding hydrogens is 503 g/mol. The van der Waals surface area contributed by atoms with E-state index < -0.39 is 11.3 Å². The van der Waals surface area contributed by atoms with E-state index >= 15 is 0 Å². The first-order chi connectivity index (χ1) is 14.7. The van der Waals surface area contributed by atoms with Gasteiger partial charge < -0.3 is 10.5 Å². The molecule has 0 aliphatic rings. The van der Waals surface area contributed by atoms with Crippen molar-refractivity contribution >= 4 is 61.8 Å². The van der Waals surface area contributed by atoms with Gasteiger partial charge in [0.2, 0.25) is 5.91 Å². The highest BCUT2D eigenvalue weighted by Crippen LogP contribution is 2.44. The molecule has 0 fully saturated rings. The molecular formula is C23H23BrCl2N2O3. The van der Waals surface area contributed by atoms with Crippen LogP contribution in [0.4, 0.5) is 0 Å². The molecule has 1 aromatic heterocycles. The minimum atomic E-state index is -1.00. The first-order valence-corrected chi connectivity index (χ1v) is 11.5. The van der Waals surface area contributed by atoms with Crippen LogP contribution < -0.4 is 10.5 Å². The van der Waals surface area contributed by atoms with Crippen LogP contribution in [0.2, 0.25) is 10.0 Å². The number of ether oxygens (including phenoxy) is 1. The van der Waals surface area contributed by atoms with Crippen LogP contribution in [0.5, 0.6) is 5.75 Å². The minimum absolute atomic E-state index is 0.183. The zero-order chi connectivity index (χ0) is 22.9. The summed E-state index contributed by atoms with van der Waals surface area (Å²) in [6.45, 7) is 5.98. The lowest BCUT2D eigenvalue weighted by molar-refractivity contribution is -0.123. The van der Waals surface area contributed by atoms with Gasteiger partial charge in [0.25, 0.3) is 5.91 Å². The first-order valence-electron chi connectivity index (χ1n) is 9.92. The molecule has 1 heterocycles. The van der Waals surface area contributed by atoms with Gasteiger partial charge in [0.1, 0.15) is 10.8 Å². The molecule has 8 heteroatoms. The molecule has 0 bridgehead atoms. The molecule has 0 saturated heterocycles. The molecule has 1 atom stereocenters. The Morgan fingerprint density at radius 1 is 1.16 bits per heavy atom. The van der Waals surface area contributed by atoms with E-state index in [0.717, 1.165) is 10.9 Å². The fourth-order valence-corrected chi connectivity index (χ4v) is 4.53. The van der Waals surface area contributed by atoms with Gasteiger partial charge in [-0.1, -0.05) is 52.5 Å². The van der Waals surface area contributed by atoms with Crippen LogP contribution in [-0.4, -0.2) is 23.0 Å². The average Bonchev–Trinajstić information content (AvgIpc) is 3.12. The van der Waals surface area contributed by atoms with Gasteiger partial charge in [-0.2, -0.15) is 0 Å². The van der Waals surface area contributed by atoms with Crippen molar-refractivity contribution in [2.24, 2.45) is 5.73 Å². The van der Waals surface area contributed by atoms with Gasteiger partial charge >= 0.3 is 0 Å². The van der Waals surface area contributed by atoms with Crippen LogP contribution in [0.25, 0.3) is 10.9 Å². The highest BCUT2D eigenvalue weighted by atomic mass is 79.9. The average molecular weight is 526 g/mol. The summed E-state index contributed by atoms with van der Waals surface area (Å²) in [4.78, 5) is 25.9. The van der Waals surface area contributed by atoms with E-state index in [9.17, 15) is 9.59 Å². The summed E-state index contributed by atoms with van der Waals surface area (Å²) < 4.78 is 7.94. The summed E-state index contributed by atoms with van der Waals surface area (Å²) in [7, 11) is 0. The molecule has 2 N–H and O–H groups in total. The van der Waals surface area contributed by atoms with Gasteiger partial charge in [-0.3, -0.25) is 14.2 Å². The summed E-state index contributed by atoms with van der Waals surface area (Å²) in [5, 5.41) is 1.00. The smallest absolute Gasteiger partial charge is 0.262 e. The Morgan fingerprint density at radius 3 is 2.35 bits per heavy atom. The van der Waals surface area contributed by atoms with E-state index in [1.54, 1.807) is 43.5 Å². The lowest BCUT2D eigenvalue weighted by Gasteiger charge is -2.25. The molecule has 0 saturated carbocycles. The molecule has 0 aliphatic heterocycles. The Balaban J connectivity index is 2.37. The monoisotopic (exact) mass is 524 g/mol. The van der Waals surface area contributed by atoms with Crippen LogP contribution in [0.1, 0.15) is 49.5 Å². The van der Waals surface area contributed by atoms with Crippen molar-refractivity contribution in [2.45, 2.75) is 39.0 Å². The Labute approximate surface area is 199 Å². The number of hydrogen-bond acceptors (Lipinski definition) is 3. The van der Waals surface area contributed by atoms with Gasteiger partial charge in [-0.25, -0.2) is 0 Å². The Morgan fingerprint density at radius 2 is 1.81 bits per heavy atom. The SMILES string of the molecule is CCCC(C)(C(N)=O)c1cn(C(=O)c2ccc(Br)cc2)c2c(Cl)c(Cl)c(OCC)cc12. The summed E-state index contributed by atoms with van der Waals surface area (Å²) >= 11 is 16.5. The Hall–Kier alpha value is -2.02. The van der Waals surface area contributed by atoms with E-state index in [4.69, 9.17) is 33.7 Å². The molecule has 5 nitrogen and oxygen atoms in total. The fraction of sp³-hybridized carbons (Fsp3) is 0.304. The number of aromatic nitrogens is 1. The molecule has 0 radical (unpaired) electrons. The third kappa shape index (κ3) is 4.21. The predicted octanol–water partition coefficient (Wildman–Crippen LogP) is 6.34. The molecule has 3 rings (SSSR count). The number of fused-ring (bicyclic) bond motifs is 1. The third-order valence-corrected chi connectivity index (χ3v) is 6.80. The van der Waals surface area contributed by atoms with Crippen molar-refractivity contribution in [3.05, 3.63) is 62.2 Å². The van der Waals surface area contributed by atoms with Gasteiger partial charge in [0, 0.05) is 21.6 Å². The molecule has 164 valence electrons. The maximum Gasteiger partial charge on any atom is 0.262 e. The second-order valence-corrected chi connectivity index (χ2v) is 9.17.